The molecule has 0 bridgehead atoms. The molecular weight excluding hydrogens is 451 g/mol. The number of fused-ring (bicyclic) bond motifs is 7. The van der Waals surface area contributed by atoms with Gasteiger partial charge in [-0.1, -0.05) is 60.7 Å². The highest BCUT2D eigenvalue weighted by Crippen LogP contribution is 2.40. The molecule has 0 aliphatic carbocycles. The lowest BCUT2D eigenvalue weighted by molar-refractivity contribution is -0.142. The van der Waals surface area contributed by atoms with E-state index in [1.165, 1.54) is 14.0 Å². The molecule has 172 valence electrons. The number of Topliss-reactive ketones (excluding diaryl/α,β-unsaturated/α-hetero) is 1. The highest BCUT2D eigenvalue weighted by molar-refractivity contribution is 7.31. The third-order valence-corrected chi connectivity index (χ3v) is 6.91. The van der Waals surface area contributed by atoms with Crippen molar-refractivity contribution in [1.29, 1.82) is 0 Å². The minimum absolute atomic E-state index is 0.0514. The first-order chi connectivity index (χ1) is 16.5. The van der Waals surface area contributed by atoms with Crippen LogP contribution in [0.4, 0.5) is 0 Å². The first-order valence-corrected chi connectivity index (χ1v) is 12.1. The molecule has 6 nitrogen and oxygen atoms in total. The predicted molar refractivity (Wildman–Crippen MR) is 134 cm³/mol. The maximum absolute atomic E-state index is 11.9. The molecule has 1 atom stereocenters. The molecule has 0 saturated heterocycles. The average Bonchev–Trinajstić information content (AvgIpc) is 3.00. The van der Waals surface area contributed by atoms with Crippen LogP contribution in [0.1, 0.15) is 19.8 Å². The fraction of sp³-hybridized carbons (Fsp3) is 0.185. The van der Waals surface area contributed by atoms with E-state index in [0.717, 1.165) is 32.3 Å². The number of esters is 1. The summed E-state index contributed by atoms with van der Waals surface area (Å²) in [6.07, 6.45) is -0.742. The Labute approximate surface area is 196 Å². The van der Waals surface area contributed by atoms with Crippen molar-refractivity contribution in [3.63, 3.8) is 0 Å². The smallest absolute Gasteiger partial charge is 0.387 e. The third kappa shape index (κ3) is 4.30. The molecule has 0 N–H and O–H groups in total. The van der Waals surface area contributed by atoms with Crippen LogP contribution < -0.4 is 4.52 Å². The quantitative estimate of drug-likeness (QED) is 0.248. The molecule has 0 unspecified atom stereocenters. The van der Waals surface area contributed by atoms with Gasteiger partial charge >= 0.3 is 14.2 Å². The molecule has 5 rings (SSSR count). The number of ether oxygens (including phenoxy) is 1. The molecule has 7 heteroatoms. The zero-order valence-corrected chi connectivity index (χ0v) is 19.7. The van der Waals surface area contributed by atoms with Gasteiger partial charge in [0.15, 0.2) is 0 Å². The Hall–Kier alpha value is -3.60. The molecule has 0 amide bonds. The van der Waals surface area contributed by atoms with Crippen LogP contribution >= 0.6 is 8.24 Å². The van der Waals surface area contributed by atoms with Crippen LogP contribution in [0.15, 0.2) is 81.2 Å². The van der Waals surface area contributed by atoms with E-state index < -0.39 is 20.3 Å². The summed E-state index contributed by atoms with van der Waals surface area (Å²) in [7, 11) is -0.643. The van der Waals surface area contributed by atoms with Crippen LogP contribution in [-0.2, 0) is 14.3 Å². The van der Waals surface area contributed by atoms with Gasteiger partial charge in [-0.2, -0.15) is 0 Å². The molecule has 4 aromatic carbocycles. The van der Waals surface area contributed by atoms with Crippen molar-refractivity contribution >= 4 is 63.5 Å². The fourth-order valence-electron chi connectivity index (χ4n) is 4.25. The van der Waals surface area contributed by atoms with Gasteiger partial charge in [-0.15, -0.1) is 0 Å². The van der Waals surface area contributed by atoms with Gasteiger partial charge in [0, 0.05) is 17.2 Å². The van der Waals surface area contributed by atoms with E-state index in [0.29, 0.717) is 11.2 Å². The van der Waals surface area contributed by atoms with E-state index >= 15 is 0 Å². The van der Waals surface area contributed by atoms with Gasteiger partial charge in [0.1, 0.15) is 16.9 Å². The molecule has 34 heavy (non-hydrogen) atoms. The van der Waals surface area contributed by atoms with Crippen molar-refractivity contribution in [2.75, 3.05) is 7.11 Å². The highest BCUT2D eigenvalue weighted by Gasteiger charge is 2.21. The first kappa shape index (κ1) is 22.2. The largest absolute Gasteiger partial charge is 0.469 e. The third-order valence-electron chi connectivity index (χ3n) is 5.75. The number of carbonyl (C=O) groups excluding carboxylic acids is 2. The molecule has 1 heterocycles. The Balaban J connectivity index is 1.81. The van der Waals surface area contributed by atoms with E-state index in [9.17, 15) is 9.59 Å². The summed E-state index contributed by atoms with van der Waals surface area (Å²) < 4.78 is 23.4. The topological polar surface area (TPSA) is 78.9 Å². The van der Waals surface area contributed by atoms with Crippen molar-refractivity contribution in [2.24, 2.45) is 0 Å². The highest BCUT2D eigenvalue weighted by atomic mass is 31.1. The molecule has 0 spiro atoms. The molecular formula is C27H23O6P. The van der Waals surface area contributed by atoms with Crippen LogP contribution in [-0.4, -0.2) is 25.0 Å². The lowest BCUT2D eigenvalue weighted by atomic mass is 9.99. The van der Waals surface area contributed by atoms with E-state index in [-0.39, 0.29) is 18.6 Å². The Morgan fingerprint density at radius 1 is 0.794 bits per heavy atom. The second-order valence-electron chi connectivity index (χ2n) is 8.14. The summed E-state index contributed by atoms with van der Waals surface area (Å²) in [4.78, 5) is 23.7. The summed E-state index contributed by atoms with van der Waals surface area (Å²) in [5.41, 5.74) is 1.25. The summed E-state index contributed by atoms with van der Waals surface area (Å²) in [6, 6.07) is 24.1. The van der Waals surface area contributed by atoms with Gasteiger partial charge in [-0.05, 0) is 40.6 Å². The Bertz CT molecular complexity index is 1490. The molecule has 1 aromatic heterocycles. The Morgan fingerprint density at radius 3 is 1.82 bits per heavy atom. The number of benzene rings is 4. The normalized spacial score (nSPS) is 12.3. The second-order valence-corrected chi connectivity index (χ2v) is 9.16. The van der Waals surface area contributed by atoms with E-state index in [1.807, 2.05) is 48.5 Å². The van der Waals surface area contributed by atoms with Crippen LogP contribution in [0.2, 0.25) is 0 Å². The van der Waals surface area contributed by atoms with Crippen LogP contribution in [0.25, 0.3) is 43.5 Å². The molecule has 0 saturated carbocycles. The monoisotopic (exact) mass is 474 g/mol. The maximum atomic E-state index is 11.9. The maximum Gasteiger partial charge on any atom is 0.387 e. The van der Waals surface area contributed by atoms with Gasteiger partial charge in [0.25, 0.3) is 0 Å². The van der Waals surface area contributed by atoms with Crippen LogP contribution in [0, 0.1) is 0 Å². The molecule has 0 aliphatic heterocycles. The van der Waals surface area contributed by atoms with Gasteiger partial charge in [-0.25, -0.2) is 0 Å². The first-order valence-electron chi connectivity index (χ1n) is 11.0. The van der Waals surface area contributed by atoms with Crippen molar-refractivity contribution in [1.82, 2.24) is 0 Å². The number of hydrogen-bond acceptors (Lipinski definition) is 6. The van der Waals surface area contributed by atoms with Gasteiger partial charge in [-0.3, -0.25) is 14.1 Å². The van der Waals surface area contributed by atoms with Crippen molar-refractivity contribution in [3.05, 3.63) is 72.8 Å². The number of ketones is 1. The SMILES string of the molecule is COC(=O)C[C@H](CC(C)=O)Op1oc2ccc3ccccc3c2c2c(ccc3ccccc32)o1. The number of carbonyl (C=O) groups is 2. The van der Waals surface area contributed by atoms with Gasteiger partial charge < -0.3 is 13.1 Å². The standard InChI is InChI=1S/C27H23O6P/c1-17(28)15-20(16-25(29)30-2)31-34-32-23-13-11-18-7-3-5-9-21(18)26(23)27-22-10-6-4-8-19(22)12-14-24(27)33-34/h3-14,20H,15-16H2,1-2H3/t20-/m0/s1. The van der Waals surface area contributed by atoms with E-state index in [1.54, 1.807) is 0 Å². The second kappa shape index (κ2) is 9.34. The Kier molecular flexibility index (Phi) is 6.10. The number of methoxy groups -OCH3 is 1. The summed E-state index contributed by atoms with van der Waals surface area (Å²) >= 11 is 0. The van der Waals surface area contributed by atoms with E-state index in [2.05, 4.69) is 24.3 Å². The summed E-state index contributed by atoms with van der Waals surface area (Å²) in [5.74, 6) is -0.564. The average molecular weight is 474 g/mol. The minimum Gasteiger partial charge on any atom is -0.469 e. The van der Waals surface area contributed by atoms with Crippen molar-refractivity contribution in [2.45, 2.75) is 25.9 Å². The van der Waals surface area contributed by atoms with Gasteiger partial charge in [0.05, 0.1) is 19.6 Å². The molecule has 0 fully saturated rings. The summed E-state index contributed by atoms with van der Waals surface area (Å²) in [6.45, 7) is 1.46. The van der Waals surface area contributed by atoms with E-state index in [4.69, 9.17) is 17.7 Å². The van der Waals surface area contributed by atoms with Crippen LogP contribution in [0.5, 0.6) is 0 Å². The molecule has 0 aliphatic rings. The predicted octanol–water partition coefficient (Wildman–Crippen LogP) is 6.94. The van der Waals surface area contributed by atoms with Crippen LogP contribution in [0.3, 0.4) is 0 Å². The zero-order chi connectivity index (χ0) is 23.7. The van der Waals surface area contributed by atoms with Crippen molar-refractivity contribution in [3.8, 4) is 0 Å². The Morgan fingerprint density at radius 2 is 1.32 bits per heavy atom. The molecule has 0 radical (unpaired) electrons. The number of rotatable bonds is 6. The molecule has 5 aromatic rings. The fourth-order valence-corrected chi connectivity index (χ4v) is 5.39. The minimum atomic E-state index is -1.95. The van der Waals surface area contributed by atoms with Gasteiger partial charge in [0.2, 0.25) is 0 Å². The van der Waals surface area contributed by atoms with Crippen molar-refractivity contribution < 1.29 is 27.2 Å². The lowest BCUT2D eigenvalue weighted by Crippen LogP contribution is -2.23. The number of hydrogen-bond donors (Lipinski definition) is 0. The summed E-state index contributed by atoms with van der Waals surface area (Å²) in [5, 5.41) is 6.08. The zero-order valence-electron chi connectivity index (χ0n) is 18.8. The lowest BCUT2D eigenvalue weighted by Gasteiger charge is -2.12.